The van der Waals surface area contributed by atoms with Gasteiger partial charge in [0.1, 0.15) is 6.54 Å². The quantitative estimate of drug-likeness (QED) is 0.633. The fourth-order valence-electron chi connectivity index (χ4n) is 2.93. The molecule has 0 atom stereocenters. The van der Waals surface area contributed by atoms with Gasteiger partial charge in [0.25, 0.3) is 5.56 Å². The summed E-state index contributed by atoms with van der Waals surface area (Å²) in [6.07, 6.45) is 1.39. The van der Waals surface area contributed by atoms with Crippen molar-refractivity contribution >= 4 is 17.1 Å². The topological polar surface area (TPSA) is 109 Å². The van der Waals surface area contributed by atoms with Gasteiger partial charge < -0.3 is 9.88 Å². The number of hydrogen-bond acceptors (Lipinski definition) is 5. The Morgan fingerprint density at radius 2 is 1.92 bits per heavy atom. The summed E-state index contributed by atoms with van der Waals surface area (Å²) in [5.74, 6) is -0.248. The van der Waals surface area contributed by atoms with Crippen LogP contribution in [0.3, 0.4) is 0 Å². The lowest BCUT2D eigenvalue weighted by Gasteiger charge is -2.09. The van der Waals surface area contributed by atoms with E-state index in [0.717, 1.165) is 16.0 Å². The van der Waals surface area contributed by atoms with Gasteiger partial charge in [0.05, 0.1) is 18.6 Å². The van der Waals surface area contributed by atoms with Gasteiger partial charge in [0.15, 0.2) is 11.2 Å². The predicted molar refractivity (Wildman–Crippen MR) is 94.9 cm³/mol. The van der Waals surface area contributed by atoms with Gasteiger partial charge in [-0.05, 0) is 19.9 Å². The summed E-state index contributed by atoms with van der Waals surface area (Å²) in [6.45, 7) is 4.80. The van der Waals surface area contributed by atoms with Gasteiger partial charge in [-0.25, -0.2) is 9.78 Å². The number of carbonyl (C=O) groups is 1. The number of fused-ring (bicyclic) bond motifs is 1. The van der Waals surface area contributed by atoms with Crippen LogP contribution in [-0.4, -0.2) is 40.9 Å². The van der Waals surface area contributed by atoms with Gasteiger partial charge in [-0.3, -0.25) is 23.4 Å². The third-order valence-corrected chi connectivity index (χ3v) is 4.28. The highest BCUT2D eigenvalue weighted by Crippen LogP contribution is 2.05. The Morgan fingerprint density at radius 3 is 2.58 bits per heavy atom. The third kappa shape index (κ3) is 3.05. The van der Waals surface area contributed by atoms with E-state index in [-0.39, 0.29) is 23.6 Å². The Labute approximate surface area is 148 Å². The minimum Gasteiger partial charge on any atom is -0.353 e. The van der Waals surface area contributed by atoms with Crippen molar-refractivity contribution < 1.29 is 4.79 Å². The molecule has 1 N–H and O–H groups in total. The van der Waals surface area contributed by atoms with Crippen molar-refractivity contribution in [2.24, 2.45) is 14.1 Å². The summed E-state index contributed by atoms with van der Waals surface area (Å²) in [4.78, 5) is 40.6. The van der Waals surface area contributed by atoms with Crippen molar-refractivity contribution in [2.45, 2.75) is 26.9 Å². The minimum atomic E-state index is -0.476. The molecule has 138 valence electrons. The molecule has 0 aliphatic rings. The molecule has 0 aromatic carbocycles. The number of aryl methyl sites for hydroxylation is 3. The van der Waals surface area contributed by atoms with E-state index >= 15 is 0 Å². The van der Waals surface area contributed by atoms with Gasteiger partial charge in [-0.1, -0.05) is 0 Å². The summed E-state index contributed by atoms with van der Waals surface area (Å²) in [7, 11) is 2.94. The molecular formula is C16H21N7O3. The number of carbonyl (C=O) groups excluding carboxylic acids is 1. The minimum absolute atomic E-state index is 0.0545. The second-order valence-corrected chi connectivity index (χ2v) is 6.25. The molecule has 0 unspecified atom stereocenters. The molecule has 0 radical (unpaired) electrons. The molecule has 1 amide bonds. The molecule has 10 nitrogen and oxygen atoms in total. The van der Waals surface area contributed by atoms with Crippen molar-refractivity contribution in [3.8, 4) is 0 Å². The molecule has 3 heterocycles. The van der Waals surface area contributed by atoms with E-state index in [1.807, 2.05) is 24.6 Å². The normalized spacial score (nSPS) is 11.2. The van der Waals surface area contributed by atoms with E-state index in [9.17, 15) is 14.4 Å². The van der Waals surface area contributed by atoms with E-state index in [2.05, 4.69) is 15.4 Å². The number of aromatic nitrogens is 6. The lowest BCUT2D eigenvalue weighted by atomic mass is 10.4. The Balaban J connectivity index is 1.73. The highest BCUT2D eigenvalue weighted by Gasteiger charge is 2.15. The summed E-state index contributed by atoms with van der Waals surface area (Å²) >= 11 is 0. The third-order valence-electron chi connectivity index (χ3n) is 4.28. The molecule has 0 aliphatic carbocycles. The second kappa shape index (κ2) is 6.62. The van der Waals surface area contributed by atoms with Crippen LogP contribution >= 0.6 is 0 Å². The molecule has 0 aliphatic heterocycles. The molecule has 26 heavy (non-hydrogen) atoms. The summed E-state index contributed by atoms with van der Waals surface area (Å²) in [5.41, 5.74) is 1.51. The van der Waals surface area contributed by atoms with Crippen LogP contribution in [0.2, 0.25) is 0 Å². The Morgan fingerprint density at radius 1 is 1.19 bits per heavy atom. The van der Waals surface area contributed by atoms with E-state index < -0.39 is 11.2 Å². The van der Waals surface area contributed by atoms with E-state index in [1.54, 1.807) is 0 Å². The Hall–Kier alpha value is -3.17. The zero-order valence-electron chi connectivity index (χ0n) is 15.2. The van der Waals surface area contributed by atoms with Gasteiger partial charge >= 0.3 is 5.69 Å². The van der Waals surface area contributed by atoms with Crippen LogP contribution in [0.25, 0.3) is 11.2 Å². The lowest BCUT2D eigenvalue weighted by molar-refractivity contribution is -0.121. The number of rotatable bonds is 5. The average molecular weight is 359 g/mol. The first-order valence-electron chi connectivity index (χ1n) is 8.18. The molecule has 0 saturated heterocycles. The highest BCUT2D eigenvalue weighted by atomic mass is 16.2. The maximum absolute atomic E-state index is 12.3. The van der Waals surface area contributed by atoms with Crippen LogP contribution in [0.1, 0.15) is 11.4 Å². The van der Waals surface area contributed by atoms with Crippen molar-refractivity contribution in [3.63, 3.8) is 0 Å². The number of amides is 1. The van der Waals surface area contributed by atoms with E-state index in [4.69, 9.17) is 0 Å². The van der Waals surface area contributed by atoms with Gasteiger partial charge in [-0.2, -0.15) is 5.10 Å². The maximum atomic E-state index is 12.3. The predicted octanol–water partition coefficient (Wildman–Crippen LogP) is -0.937. The van der Waals surface area contributed by atoms with Crippen LogP contribution in [0.15, 0.2) is 22.0 Å². The molecule has 0 saturated carbocycles. The standard InChI is InChI=1S/C16H21N7O3/c1-10-7-11(2)23(19-10)6-5-17-12(24)8-22-9-18-14-13(22)15(25)21(4)16(26)20(14)3/h7,9H,5-6,8H2,1-4H3,(H,17,24). The molecule has 10 heteroatoms. The fraction of sp³-hybridized carbons (Fsp3) is 0.438. The van der Waals surface area contributed by atoms with E-state index in [0.29, 0.717) is 13.1 Å². The highest BCUT2D eigenvalue weighted by molar-refractivity contribution is 5.78. The van der Waals surface area contributed by atoms with Crippen molar-refractivity contribution in [1.82, 2.24) is 33.8 Å². The lowest BCUT2D eigenvalue weighted by Crippen LogP contribution is -2.38. The molecule has 3 rings (SSSR count). The zero-order chi connectivity index (χ0) is 19.0. The van der Waals surface area contributed by atoms with Gasteiger partial charge in [0, 0.05) is 26.3 Å². The van der Waals surface area contributed by atoms with Crippen LogP contribution in [0.4, 0.5) is 0 Å². The number of imidazole rings is 1. The van der Waals surface area contributed by atoms with Crippen LogP contribution < -0.4 is 16.6 Å². The largest absolute Gasteiger partial charge is 0.353 e. The van der Waals surface area contributed by atoms with Crippen LogP contribution in [-0.2, 0) is 32.0 Å². The number of hydrogen-bond donors (Lipinski definition) is 1. The maximum Gasteiger partial charge on any atom is 0.332 e. The summed E-state index contributed by atoms with van der Waals surface area (Å²) < 4.78 is 5.57. The van der Waals surface area contributed by atoms with Crippen molar-refractivity contribution in [1.29, 1.82) is 0 Å². The Kier molecular flexibility index (Phi) is 4.49. The smallest absolute Gasteiger partial charge is 0.332 e. The van der Waals surface area contributed by atoms with E-state index in [1.165, 1.54) is 29.6 Å². The monoisotopic (exact) mass is 359 g/mol. The second-order valence-electron chi connectivity index (χ2n) is 6.25. The molecule has 0 fully saturated rings. The molecule has 0 bridgehead atoms. The number of nitrogens with zero attached hydrogens (tertiary/aromatic N) is 6. The van der Waals surface area contributed by atoms with Gasteiger partial charge in [0.2, 0.25) is 5.91 Å². The Bertz CT molecular complexity index is 1100. The van der Waals surface area contributed by atoms with Crippen LogP contribution in [0, 0.1) is 13.8 Å². The summed E-state index contributed by atoms with van der Waals surface area (Å²) in [6, 6.07) is 1.97. The van der Waals surface area contributed by atoms with Gasteiger partial charge in [-0.15, -0.1) is 0 Å². The first-order chi connectivity index (χ1) is 12.3. The SMILES string of the molecule is Cc1cc(C)n(CCNC(=O)Cn2cnc3c2c(=O)n(C)c(=O)n3C)n1. The fourth-order valence-corrected chi connectivity index (χ4v) is 2.93. The van der Waals surface area contributed by atoms with Crippen molar-refractivity contribution in [3.05, 3.63) is 44.6 Å². The number of nitrogens with one attached hydrogen (secondary N) is 1. The zero-order valence-corrected chi connectivity index (χ0v) is 15.2. The molecule has 0 spiro atoms. The van der Waals surface area contributed by atoms with Crippen LogP contribution in [0.5, 0.6) is 0 Å². The average Bonchev–Trinajstić information content (AvgIpc) is 3.14. The first kappa shape index (κ1) is 17.6. The molecular weight excluding hydrogens is 338 g/mol. The first-order valence-corrected chi connectivity index (χ1v) is 8.18. The van der Waals surface area contributed by atoms with Crippen molar-refractivity contribution in [2.75, 3.05) is 6.54 Å². The molecule has 3 aromatic heterocycles. The summed E-state index contributed by atoms with van der Waals surface area (Å²) in [5, 5.41) is 7.14. The molecule has 3 aromatic rings.